The zero-order valence-corrected chi connectivity index (χ0v) is 34.8. The van der Waals surface area contributed by atoms with Crippen LogP contribution in [0.25, 0.3) is 0 Å². The summed E-state index contributed by atoms with van der Waals surface area (Å²) in [5, 5.41) is 63.3. The van der Waals surface area contributed by atoms with Gasteiger partial charge >= 0.3 is 5.97 Å². The van der Waals surface area contributed by atoms with Crippen molar-refractivity contribution >= 4 is 47.4 Å². The zero-order valence-electron chi connectivity index (χ0n) is 34.8. The molecule has 3 rings (SSSR count). The average Bonchev–Trinajstić information content (AvgIpc) is 3.78. The van der Waals surface area contributed by atoms with Crippen molar-refractivity contribution in [3.63, 3.8) is 0 Å². The molecule has 0 aliphatic heterocycles. The Morgan fingerprint density at radius 2 is 1.22 bits per heavy atom. The lowest BCUT2D eigenvalue weighted by atomic mass is 10.0. The van der Waals surface area contributed by atoms with Crippen molar-refractivity contribution in [1.82, 2.24) is 41.9 Å². The predicted molar refractivity (Wildman–Crippen MR) is 227 cm³/mol. The molecular weight excluding hydrogens is 841 g/mol. The minimum atomic E-state index is -1.75. The molecule has 1 aromatic heterocycles. The minimum Gasteiger partial charge on any atom is -0.508 e. The van der Waals surface area contributed by atoms with Crippen LogP contribution in [-0.2, 0) is 52.8 Å². The van der Waals surface area contributed by atoms with Crippen molar-refractivity contribution in [3.05, 3.63) is 83.9 Å². The third kappa shape index (κ3) is 17.0. The Balaban J connectivity index is 1.84. The predicted octanol–water partition coefficient (Wildman–Crippen LogP) is -5.12. The number of amides is 6. The highest BCUT2D eigenvalue weighted by Gasteiger charge is 2.35. The van der Waals surface area contributed by atoms with Gasteiger partial charge < -0.3 is 79.6 Å². The van der Waals surface area contributed by atoms with Gasteiger partial charge in [-0.2, -0.15) is 0 Å². The van der Waals surface area contributed by atoms with Crippen LogP contribution in [0.4, 0.5) is 0 Å². The second-order valence-electron chi connectivity index (χ2n) is 14.6. The molecule has 0 radical (unpaired) electrons. The second-order valence-corrected chi connectivity index (χ2v) is 14.6. The van der Waals surface area contributed by atoms with E-state index in [0.717, 1.165) is 0 Å². The molecule has 2 aromatic carbocycles. The molecule has 6 amide bonds. The monoisotopic (exact) mass is 896 g/mol. The fourth-order valence-electron chi connectivity index (χ4n) is 6.03. The molecule has 0 aliphatic rings. The van der Waals surface area contributed by atoms with Gasteiger partial charge in [-0.1, -0.05) is 42.5 Å². The molecule has 0 spiro atoms. The number of nitrogens with two attached hydrogens (primary N) is 3. The Morgan fingerprint density at radius 3 is 1.77 bits per heavy atom. The van der Waals surface area contributed by atoms with E-state index in [1.807, 2.05) is 0 Å². The van der Waals surface area contributed by atoms with Gasteiger partial charge in [-0.05, 0) is 49.4 Å². The van der Waals surface area contributed by atoms with Crippen molar-refractivity contribution in [1.29, 1.82) is 0 Å². The first-order valence-corrected chi connectivity index (χ1v) is 20.0. The van der Waals surface area contributed by atoms with Gasteiger partial charge in [0.2, 0.25) is 35.4 Å². The molecule has 0 fully saturated rings. The Hall–Kier alpha value is -7.15. The first-order chi connectivity index (χ1) is 30.4. The van der Waals surface area contributed by atoms with Crippen LogP contribution in [0.2, 0.25) is 0 Å². The van der Waals surface area contributed by atoms with Crippen LogP contribution in [0.1, 0.15) is 36.6 Å². The molecule has 3 aromatic rings. The molecule has 0 bridgehead atoms. The minimum absolute atomic E-state index is 0.00136. The number of phenols is 1. The number of guanidine groups is 1. The number of carbonyl (C=O) groups is 7. The third-order valence-electron chi connectivity index (χ3n) is 9.51. The number of hydrogen-bond donors (Lipinski definition) is 15. The lowest BCUT2D eigenvalue weighted by molar-refractivity contribution is -0.143. The van der Waals surface area contributed by atoms with Gasteiger partial charge in [-0.3, -0.25) is 33.8 Å². The van der Waals surface area contributed by atoms with E-state index in [1.54, 1.807) is 42.5 Å². The lowest BCUT2D eigenvalue weighted by Crippen LogP contribution is -2.62. The van der Waals surface area contributed by atoms with Crippen molar-refractivity contribution in [2.75, 3.05) is 19.8 Å². The molecule has 8 atom stereocenters. The number of H-pyrrole nitrogens is 1. The SMILES string of the molecule is C[C@@H](O)[C@H](NC(=O)[C@@H](N)Cc1ccc(O)cc1)C(=O)N[C@@H](CO)C(=O)N[C@@H](CCCN=C(N)N)C(=O)N[C@@H](Cc1ccccc1)C(=O)N[C@@H](Cc1cnc[nH]1)C(=O)N[C@@H](CO)C(=O)O. The summed E-state index contributed by atoms with van der Waals surface area (Å²) < 4.78 is 0. The van der Waals surface area contributed by atoms with E-state index >= 15 is 0 Å². The van der Waals surface area contributed by atoms with Crippen LogP contribution < -0.4 is 49.1 Å². The first kappa shape index (κ1) is 51.2. The standard InChI is InChI=1S/C40H56N12O12/c1-21(55)32(52-33(57)26(41)14-23-9-11-25(56)12-10-23)38(62)50-30(18-53)37(61)47-27(8-5-13-45-40(42)43)34(58)48-28(15-22-6-3-2-4-7-22)35(59)49-29(16-24-17-44-20-46-24)36(60)51-31(19-54)39(63)64/h2-4,6-7,9-12,17,20-21,26-32,53-56H,5,8,13-16,18-19,41H2,1H3,(H,44,46)(H,47,61)(H,48,58)(H,49,59)(H,50,62)(H,51,60)(H,52,57)(H,63,64)(H4,42,43,45)/t21-,26+,27+,28+,29+,30+,31+,32+/m1/s1. The average molecular weight is 897 g/mol. The largest absolute Gasteiger partial charge is 0.508 e. The van der Waals surface area contributed by atoms with E-state index in [1.165, 1.54) is 31.6 Å². The number of aromatic amines is 1. The van der Waals surface area contributed by atoms with Crippen LogP contribution in [0.3, 0.4) is 0 Å². The Bertz CT molecular complexity index is 2030. The van der Waals surface area contributed by atoms with Gasteiger partial charge in [0.25, 0.3) is 0 Å². The molecule has 0 unspecified atom stereocenters. The lowest BCUT2D eigenvalue weighted by Gasteiger charge is -2.27. The van der Waals surface area contributed by atoms with E-state index in [2.05, 4.69) is 46.9 Å². The number of rotatable bonds is 26. The van der Waals surface area contributed by atoms with E-state index < -0.39 is 103 Å². The number of aromatic hydroxyl groups is 1. The van der Waals surface area contributed by atoms with Crippen molar-refractivity contribution in [2.45, 2.75) is 87.4 Å². The molecule has 0 aliphatic carbocycles. The van der Waals surface area contributed by atoms with Gasteiger partial charge in [0.1, 0.15) is 42.0 Å². The maximum absolute atomic E-state index is 14.1. The van der Waals surface area contributed by atoms with Gasteiger partial charge in [0.05, 0.1) is 31.7 Å². The Kier molecular flexibility index (Phi) is 20.6. The highest BCUT2D eigenvalue weighted by atomic mass is 16.4. The smallest absolute Gasteiger partial charge is 0.328 e. The number of phenolic OH excluding ortho intramolecular Hbond substituents is 1. The Labute approximate surface area is 366 Å². The summed E-state index contributed by atoms with van der Waals surface area (Å²) in [6.07, 6.45) is 0.721. The normalized spacial score (nSPS) is 14.7. The number of carboxylic acids is 1. The number of nitrogens with one attached hydrogen (secondary N) is 7. The number of carbonyl (C=O) groups excluding carboxylic acids is 6. The second kappa shape index (κ2) is 25.7. The van der Waals surface area contributed by atoms with Gasteiger partial charge in [-0.15, -0.1) is 0 Å². The zero-order chi connectivity index (χ0) is 47.3. The van der Waals surface area contributed by atoms with Crippen LogP contribution >= 0.6 is 0 Å². The number of aromatic nitrogens is 2. The summed E-state index contributed by atoms with van der Waals surface area (Å²) in [4.78, 5) is 104. The molecule has 0 saturated carbocycles. The number of aliphatic hydroxyl groups excluding tert-OH is 3. The van der Waals surface area contributed by atoms with Gasteiger partial charge in [0.15, 0.2) is 5.96 Å². The van der Waals surface area contributed by atoms with Crippen molar-refractivity contribution < 1.29 is 59.1 Å². The fraction of sp³-hybridized carbons (Fsp3) is 0.425. The van der Waals surface area contributed by atoms with Crippen LogP contribution in [0.15, 0.2) is 72.1 Å². The summed E-state index contributed by atoms with van der Waals surface area (Å²) >= 11 is 0. The highest BCUT2D eigenvalue weighted by molar-refractivity contribution is 5.97. The highest BCUT2D eigenvalue weighted by Crippen LogP contribution is 2.12. The van der Waals surface area contributed by atoms with E-state index in [-0.39, 0.29) is 50.4 Å². The summed E-state index contributed by atoms with van der Waals surface area (Å²) in [5.74, 6) is -7.64. The first-order valence-electron chi connectivity index (χ1n) is 20.0. The number of imidazole rings is 1. The van der Waals surface area contributed by atoms with Gasteiger partial charge in [-0.25, -0.2) is 9.78 Å². The van der Waals surface area contributed by atoms with Crippen molar-refractivity contribution in [3.8, 4) is 5.75 Å². The number of hydrogen-bond acceptors (Lipinski definition) is 14. The molecule has 348 valence electrons. The molecule has 24 nitrogen and oxygen atoms in total. The molecular formula is C40H56N12O12. The van der Waals surface area contributed by atoms with E-state index in [4.69, 9.17) is 17.2 Å². The third-order valence-corrected chi connectivity index (χ3v) is 9.51. The number of benzene rings is 2. The maximum Gasteiger partial charge on any atom is 0.328 e. The molecule has 1 heterocycles. The number of aliphatic carboxylic acids is 1. The van der Waals surface area contributed by atoms with Crippen LogP contribution in [0, 0.1) is 0 Å². The van der Waals surface area contributed by atoms with Crippen LogP contribution in [-0.4, -0.2) is 151 Å². The molecule has 18 N–H and O–H groups in total. The molecule has 24 heteroatoms. The Morgan fingerprint density at radius 1 is 0.688 bits per heavy atom. The van der Waals surface area contributed by atoms with Crippen molar-refractivity contribution in [2.24, 2.45) is 22.2 Å². The van der Waals surface area contributed by atoms with Gasteiger partial charge in [0, 0.05) is 31.3 Å². The number of aliphatic hydroxyl groups is 3. The summed E-state index contributed by atoms with van der Waals surface area (Å²) in [5.41, 5.74) is 18.4. The number of nitrogens with zero attached hydrogens (tertiary/aromatic N) is 2. The summed E-state index contributed by atoms with van der Waals surface area (Å²) in [6, 6.07) is 3.59. The topological polar surface area (TPSA) is 412 Å². The molecule has 0 saturated heterocycles. The van der Waals surface area contributed by atoms with E-state index in [9.17, 15) is 59.1 Å². The summed E-state index contributed by atoms with van der Waals surface area (Å²) in [7, 11) is 0. The quantitative estimate of drug-likeness (QED) is 0.0204. The van der Waals surface area contributed by atoms with E-state index in [0.29, 0.717) is 16.8 Å². The maximum atomic E-state index is 14.1. The van der Waals surface area contributed by atoms with Crippen LogP contribution in [0.5, 0.6) is 5.75 Å². The fourth-order valence-corrected chi connectivity index (χ4v) is 6.03. The number of carboxylic acid groups (broad SMARTS) is 1. The number of aliphatic imine (C=N–C) groups is 1. The molecule has 64 heavy (non-hydrogen) atoms. The summed E-state index contributed by atoms with van der Waals surface area (Å²) in [6.45, 7) is -0.781.